The van der Waals surface area contributed by atoms with Crippen molar-refractivity contribution < 1.29 is 14.2 Å². The van der Waals surface area contributed by atoms with E-state index in [0.29, 0.717) is 17.3 Å². The molecule has 0 bridgehead atoms. The van der Waals surface area contributed by atoms with Crippen molar-refractivity contribution in [2.75, 3.05) is 7.11 Å². The first kappa shape index (κ1) is 16.8. The number of aromatic hydroxyl groups is 1. The molecule has 134 valence electrons. The quantitative estimate of drug-likeness (QED) is 0.540. The van der Waals surface area contributed by atoms with Gasteiger partial charge in [-0.15, -0.1) is 0 Å². The van der Waals surface area contributed by atoms with Gasteiger partial charge in [0.05, 0.1) is 7.11 Å². The number of ether oxygens (including phenoxy) is 1. The van der Waals surface area contributed by atoms with Crippen LogP contribution in [0.5, 0.6) is 11.5 Å². The van der Waals surface area contributed by atoms with Gasteiger partial charge >= 0.3 is 0 Å². The third-order valence-corrected chi connectivity index (χ3v) is 4.16. The van der Waals surface area contributed by atoms with Crippen molar-refractivity contribution in [2.45, 2.75) is 0 Å². The number of hydrogen-bond donors (Lipinski definition) is 1. The van der Waals surface area contributed by atoms with E-state index >= 15 is 0 Å². The lowest BCUT2D eigenvalue weighted by Crippen LogP contribution is -1.87. The summed E-state index contributed by atoms with van der Waals surface area (Å²) in [6, 6.07) is 16.8. The maximum atomic E-state index is 13.1. The van der Waals surface area contributed by atoms with Crippen LogP contribution in [0.15, 0.2) is 71.9 Å². The van der Waals surface area contributed by atoms with Crippen LogP contribution in [-0.2, 0) is 0 Å². The van der Waals surface area contributed by atoms with Gasteiger partial charge in [0.25, 0.3) is 0 Å². The van der Waals surface area contributed by atoms with Crippen LogP contribution in [0.4, 0.5) is 10.2 Å². The minimum Gasteiger partial charge on any atom is -0.504 e. The molecule has 5 nitrogen and oxygen atoms in total. The summed E-state index contributed by atoms with van der Waals surface area (Å²) in [7, 11) is 1.50. The second-order valence-electron chi connectivity index (χ2n) is 5.91. The van der Waals surface area contributed by atoms with Crippen LogP contribution in [0.3, 0.4) is 0 Å². The van der Waals surface area contributed by atoms with Crippen LogP contribution in [0, 0.1) is 5.82 Å². The number of benzene rings is 2. The van der Waals surface area contributed by atoms with E-state index in [1.54, 1.807) is 36.5 Å². The van der Waals surface area contributed by atoms with Crippen LogP contribution in [-0.4, -0.2) is 27.8 Å². The number of nitrogens with zero attached hydrogens (tertiary/aromatic N) is 3. The zero-order valence-corrected chi connectivity index (χ0v) is 14.5. The van der Waals surface area contributed by atoms with Crippen LogP contribution in [0.1, 0.15) is 5.56 Å². The normalized spacial score (nSPS) is 11.3. The fraction of sp³-hybridized carbons (Fsp3) is 0.0476. The monoisotopic (exact) mass is 361 g/mol. The number of hydrogen-bond acceptors (Lipinski definition) is 4. The largest absolute Gasteiger partial charge is 0.504 e. The Kier molecular flexibility index (Phi) is 4.30. The van der Waals surface area contributed by atoms with E-state index in [9.17, 15) is 9.50 Å². The lowest BCUT2D eigenvalue weighted by molar-refractivity contribution is 0.373. The standard InChI is InChI=1S/C21H16FN3O2/c1-27-18-12-15(7-10-17(18)26)20-21(25-11-3-2-4-19(25)24-20)23-13-14-5-8-16(22)9-6-14/h2-13,26H,1H3. The van der Waals surface area contributed by atoms with Crippen molar-refractivity contribution in [3.8, 4) is 22.8 Å². The van der Waals surface area contributed by atoms with Crippen LogP contribution >= 0.6 is 0 Å². The molecular formula is C21H16FN3O2. The van der Waals surface area contributed by atoms with Crippen molar-refractivity contribution >= 4 is 17.7 Å². The van der Waals surface area contributed by atoms with E-state index in [1.807, 2.05) is 28.8 Å². The fourth-order valence-corrected chi connectivity index (χ4v) is 2.81. The Hall–Kier alpha value is -3.67. The number of fused-ring (bicyclic) bond motifs is 1. The molecule has 0 spiro atoms. The Labute approximate surface area is 155 Å². The highest BCUT2D eigenvalue weighted by Crippen LogP contribution is 2.36. The predicted octanol–water partition coefficient (Wildman–Crippen LogP) is 4.61. The molecule has 2 heterocycles. The highest BCUT2D eigenvalue weighted by molar-refractivity contribution is 5.85. The van der Waals surface area contributed by atoms with Gasteiger partial charge in [-0.2, -0.15) is 0 Å². The van der Waals surface area contributed by atoms with Crippen LogP contribution < -0.4 is 4.74 Å². The highest BCUT2D eigenvalue weighted by Gasteiger charge is 2.15. The molecule has 4 rings (SSSR count). The third-order valence-electron chi connectivity index (χ3n) is 4.16. The number of halogens is 1. The molecule has 0 aliphatic rings. The molecule has 0 aliphatic heterocycles. The first-order chi connectivity index (χ1) is 13.2. The van der Waals surface area contributed by atoms with Gasteiger partial charge in [-0.3, -0.25) is 4.40 Å². The SMILES string of the molecule is COc1cc(-c2nc3ccccn3c2N=Cc2ccc(F)cc2)ccc1O. The second-order valence-corrected chi connectivity index (χ2v) is 5.91. The van der Waals surface area contributed by atoms with Crippen molar-refractivity contribution in [3.63, 3.8) is 0 Å². The fourth-order valence-electron chi connectivity index (χ4n) is 2.81. The van der Waals surface area contributed by atoms with Crippen molar-refractivity contribution in [1.29, 1.82) is 0 Å². The molecule has 0 unspecified atom stereocenters. The summed E-state index contributed by atoms with van der Waals surface area (Å²) >= 11 is 0. The number of aliphatic imine (C=N–C) groups is 1. The molecule has 0 atom stereocenters. The van der Waals surface area contributed by atoms with Gasteiger partial charge in [0, 0.05) is 18.0 Å². The van der Waals surface area contributed by atoms with Crippen LogP contribution in [0.2, 0.25) is 0 Å². The zero-order chi connectivity index (χ0) is 18.8. The minimum atomic E-state index is -0.293. The Morgan fingerprint density at radius 3 is 2.70 bits per heavy atom. The molecule has 4 aromatic rings. The first-order valence-electron chi connectivity index (χ1n) is 8.30. The Balaban J connectivity index is 1.86. The summed E-state index contributed by atoms with van der Waals surface area (Å²) in [4.78, 5) is 9.26. The zero-order valence-electron chi connectivity index (χ0n) is 14.5. The molecule has 0 aliphatic carbocycles. The van der Waals surface area contributed by atoms with Crippen molar-refractivity contribution in [2.24, 2.45) is 4.99 Å². The van der Waals surface area contributed by atoms with Crippen molar-refractivity contribution in [3.05, 3.63) is 78.2 Å². The first-order valence-corrected chi connectivity index (χ1v) is 8.30. The molecule has 0 radical (unpaired) electrons. The van der Waals surface area contributed by atoms with Gasteiger partial charge in [0.15, 0.2) is 17.3 Å². The molecule has 0 saturated heterocycles. The summed E-state index contributed by atoms with van der Waals surface area (Å²) in [5.41, 5.74) is 2.93. The average Bonchev–Trinajstić information content (AvgIpc) is 3.06. The van der Waals surface area contributed by atoms with Gasteiger partial charge in [0.1, 0.15) is 17.2 Å². The summed E-state index contributed by atoms with van der Waals surface area (Å²) in [5, 5.41) is 9.85. The van der Waals surface area contributed by atoms with Gasteiger partial charge < -0.3 is 9.84 Å². The Bertz CT molecular complexity index is 1130. The number of rotatable bonds is 4. The summed E-state index contributed by atoms with van der Waals surface area (Å²) in [6.07, 6.45) is 3.54. The second kappa shape index (κ2) is 6.92. The summed E-state index contributed by atoms with van der Waals surface area (Å²) in [6.45, 7) is 0. The van der Waals surface area contributed by atoms with E-state index < -0.39 is 0 Å². The number of methoxy groups -OCH3 is 1. The number of phenolic OH excluding ortho intramolecular Hbond substituents is 1. The van der Waals surface area contributed by atoms with E-state index in [2.05, 4.69) is 9.98 Å². The average molecular weight is 361 g/mol. The van der Waals surface area contributed by atoms with Gasteiger partial charge in [0.2, 0.25) is 0 Å². The van der Waals surface area contributed by atoms with Crippen molar-refractivity contribution in [1.82, 2.24) is 9.38 Å². The number of pyridine rings is 1. The Morgan fingerprint density at radius 1 is 1.11 bits per heavy atom. The lowest BCUT2D eigenvalue weighted by Gasteiger charge is -2.06. The summed E-state index contributed by atoms with van der Waals surface area (Å²) < 4.78 is 20.2. The molecule has 0 fully saturated rings. The molecular weight excluding hydrogens is 345 g/mol. The maximum absolute atomic E-state index is 13.1. The molecule has 0 saturated carbocycles. The molecule has 27 heavy (non-hydrogen) atoms. The molecule has 2 aromatic carbocycles. The predicted molar refractivity (Wildman–Crippen MR) is 102 cm³/mol. The number of aromatic nitrogens is 2. The highest BCUT2D eigenvalue weighted by atomic mass is 19.1. The summed E-state index contributed by atoms with van der Waals surface area (Å²) in [5.74, 6) is 0.751. The smallest absolute Gasteiger partial charge is 0.165 e. The molecule has 2 aromatic heterocycles. The van der Waals surface area contributed by atoms with E-state index in [0.717, 1.165) is 16.8 Å². The number of imidazole rings is 1. The van der Waals surface area contributed by atoms with Crippen LogP contribution in [0.25, 0.3) is 16.9 Å². The van der Waals surface area contributed by atoms with Gasteiger partial charge in [-0.25, -0.2) is 14.4 Å². The van der Waals surface area contributed by atoms with Gasteiger partial charge in [-0.05, 0) is 48.0 Å². The van der Waals surface area contributed by atoms with E-state index in [4.69, 9.17) is 4.74 Å². The molecule has 0 amide bonds. The Morgan fingerprint density at radius 2 is 1.93 bits per heavy atom. The molecule has 1 N–H and O–H groups in total. The minimum absolute atomic E-state index is 0.0568. The van der Waals surface area contributed by atoms with E-state index in [1.165, 1.54) is 19.2 Å². The van der Waals surface area contributed by atoms with Gasteiger partial charge in [-0.1, -0.05) is 18.2 Å². The molecule has 6 heteroatoms. The maximum Gasteiger partial charge on any atom is 0.165 e. The third kappa shape index (κ3) is 3.25. The topological polar surface area (TPSA) is 59.1 Å². The lowest BCUT2D eigenvalue weighted by atomic mass is 10.1. The van der Waals surface area contributed by atoms with E-state index in [-0.39, 0.29) is 11.6 Å². The number of phenols is 1.